The molecule has 1 saturated heterocycles. The Balaban J connectivity index is 1.59. The molecule has 4 rings (SSSR count). The average Bonchev–Trinajstić information content (AvgIpc) is 3.28. The summed E-state index contributed by atoms with van der Waals surface area (Å²) in [5, 5.41) is 4.11. The van der Waals surface area contributed by atoms with Crippen molar-refractivity contribution < 1.29 is 9.32 Å². The maximum atomic E-state index is 13.2. The Kier molecular flexibility index (Phi) is 4.72. The number of rotatable bonds is 4. The van der Waals surface area contributed by atoms with Gasteiger partial charge in [0.15, 0.2) is 11.5 Å². The highest BCUT2D eigenvalue weighted by molar-refractivity contribution is 5.94. The summed E-state index contributed by atoms with van der Waals surface area (Å²) in [5.41, 5.74) is 2.48. The molecule has 0 N–H and O–H groups in total. The monoisotopic (exact) mass is 355 g/mol. The van der Waals surface area contributed by atoms with Gasteiger partial charge in [-0.2, -0.15) is 0 Å². The highest BCUT2D eigenvalue weighted by Crippen LogP contribution is 2.33. The quantitative estimate of drug-likeness (QED) is 0.838. The first-order valence-electron chi connectivity index (χ1n) is 9.38. The maximum Gasteiger partial charge on any atom is 0.276 e. The van der Waals surface area contributed by atoms with Crippen molar-refractivity contribution in [2.75, 3.05) is 20.6 Å². The molecule has 3 heterocycles. The first-order chi connectivity index (χ1) is 12.6. The standard InChI is InChI=1S/C19H25N5O2/c1-23(2)12-13-9-10-20-18(21-13)15-7-5-11-24(15)19(25)17-14-6-3-4-8-16(14)26-22-17/h9-10,15H,3-8,11-12H2,1-2H3/t15-/m0/s1. The molecule has 1 aliphatic heterocycles. The lowest BCUT2D eigenvalue weighted by Gasteiger charge is -2.23. The fourth-order valence-electron chi connectivity index (χ4n) is 3.95. The van der Waals surface area contributed by atoms with Gasteiger partial charge in [-0.15, -0.1) is 0 Å². The summed E-state index contributed by atoms with van der Waals surface area (Å²) < 4.78 is 5.44. The molecule has 0 unspecified atom stereocenters. The van der Waals surface area contributed by atoms with E-state index in [1.54, 1.807) is 6.20 Å². The number of hydrogen-bond donors (Lipinski definition) is 0. The third-order valence-corrected chi connectivity index (χ3v) is 5.17. The van der Waals surface area contributed by atoms with E-state index in [0.717, 1.165) is 67.9 Å². The molecule has 1 atom stereocenters. The highest BCUT2D eigenvalue weighted by Gasteiger charge is 2.36. The number of amides is 1. The first kappa shape index (κ1) is 17.1. The average molecular weight is 355 g/mol. The van der Waals surface area contributed by atoms with Crippen LogP contribution >= 0.6 is 0 Å². The van der Waals surface area contributed by atoms with Crippen molar-refractivity contribution in [3.05, 3.63) is 40.8 Å². The minimum Gasteiger partial charge on any atom is -0.360 e. The van der Waals surface area contributed by atoms with Crippen molar-refractivity contribution in [3.8, 4) is 0 Å². The minimum absolute atomic E-state index is 0.0407. The molecule has 0 radical (unpaired) electrons. The van der Waals surface area contributed by atoms with E-state index in [4.69, 9.17) is 9.51 Å². The zero-order valence-electron chi connectivity index (χ0n) is 15.4. The van der Waals surface area contributed by atoms with Gasteiger partial charge in [0.2, 0.25) is 0 Å². The molecule has 7 nitrogen and oxygen atoms in total. The number of carbonyl (C=O) groups is 1. The van der Waals surface area contributed by atoms with Crippen molar-refractivity contribution in [1.29, 1.82) is 0 Å². The fraction of sp³-hybridized carbons (Fsp3) is 0.579. The molecule has 1 fully saturated rings. The third-order valence-electron chi connectivity index (χ3n) is 5.17. The second-order valence-electron chi connectivity index (χ2n) is 7.44. The molecule has 0 aromatic carbocycles. The van der Waals surface area contributed by atoms with E-state index in [-0.39, 0.29) is 11.9 Å². The van der Waals surface area contributed by atoms with E-state index in [1.807, 2.05) is 25.1 Å². The number of aromatic nitrogens is 3. The normalized spacial score (nSPS) is 19.8. The first-order valence-corrected chi connectivity index (χ1v) is 9.38. The van der Waals surface area contributed by atoms with Crippen LogP contribution in [0.4, 0.5) is 0 Å². The second-order valence-corrected chi connectivity index (χ2v) is 7.44. The number of carbonyl (C=O) groups excluding carboxylic acids is 1. The largest absolute Gasteiger partial charge is 0.360 e. The third kappa shape index (κ3) is 3.23. The topological polar surface area (TPSA) is 75.4 Å². The van der Waals surface area contributed by atoms with Gasteiger partial charge >= 0.3 is 0 Å². The van der Waals surface area contributed by atoms with Crippen LogP contribution in [-0.2, 0) is 19.4 Å². The van der Waals surface area contributed by atoms with Gasteiger partial charge in [-0.1, -0.05) is 5.16 Å². The molecule has 1 aliphatic carbocycles. The molecule has 26 heavy (non-hydrogen) atoms. The van der Waals surface area contributed by atoms with Gasteiger partial charge in [0.25, 0.3) is 5.91 Å². The Morgan fingerprint density at radius 3 is 3.00 bits per heavy atom. The van der Waals surface area contributed by atoms with Crippen LogP contribution in [0, 0.1) is 0 Å². The Morgan fingerprint density at radius 2 is 2.15 bits per heavy atom. The lowest BCUT2D eigenvalue weighted by Crippen LogP contribution is -2.32. The summed E-state index contributed by atoms with van der Waals surface area (Å²) in [6.07, 6.45) is 7.60. The Labute approximate surface area is 153 Å². The van der Waals surface area contributed by atoms with Crippen molar-refractivity contribution in [2.45, 2.75) is 51.1 Å². The van der Waals surface area contributed by atoms with E-state index in [2.05, 4.69) is 15.0 Å². The van der Waals surface area contributed by atoms with E-state index in [0.29, 0.717) is 12.2 Å². The molecule has 0 bridgehead atoms. The maximum absolute atomic E-state index is 13.2. The van der Waals surface area contributed by atoms with E-state index >= 15 is 0 Å². The van der Waals surface area contributed by atoms with Crippen LogP contribution < -0.4 is 0 Å². The van der Waals surface area contributed by atoms with Gasteiger partial charge in [0, 0.05) is 31.3 Å². The Bertz CT molecular complexity index is 801. The van der Waals surface area contributed by atoms with Gasteiger partial charge in [-0.3, -0.25) is 4.79 Å². The Hall–Kier alpha value is -2.28. The van der Waals surface area contributed by atoms with Gasteiger partial charge in [0.05, 0.1) is 11.7 Å². The summed E-state index contributed by atoms with van der Waals surface area (Å²) in [6, 6.07) is 1.85. The molecule has 0 saturated carbocycles. The highest BCUT2D eigenvalue weighted by atomic mass is 16.5. The number of fused-ring (bicyclic) bond motifs is 1. The van der Waals surface area contributed by atoms with E-state index in [9.17, 15) is 4.79 Å². The summed E-state index contributed by atoms with van der Waals surface area (Å²) >= 11 is 0. The Morgan fingerprint density at radius 1 is 1.31 bits per heavy atom. The smallest absolute Gasteiger partial charge is 0.276 e. The molecule has 2 aliphatic rings. The van der Waals surface area contributed by atoms with Crippen molar-refractivity contribution in [3.63, 3.8) is 0 Å². The predicted molar refractivity (Wildman–Crippen MR) is 95.6 cm³/mol. The number of aryl methyl sites for hydroxylation is 1. The molecular weight excluding hydrogens is 330 g/mol. The summed E-state index contributed by atoms with van der Waals surface area (Å²) in [5.74, 6) is 1.58. The number of likely N-dealkylation sites (tertiary alicyclic amines) is 1. The predicted octanol–water partition coefficient (Wildman–Crippen LogP) is 2.38. The zero-order valence-corrected chi connectivity index (χ0v) is 15.4. The van der Waals surface area contributed by atoms with Gasteiger partial charge in [-0.05, 0) is 52.3 Å². The van der Waals surface area contributed by atoms with Gasteiger partial charge in [-0.25, -0.2) is 9.97 Å². The number of nitrogens with zero attached hydrogens (tertiary/aromatic N) is 5. The van der Waals surface area contributed by atoms with E-state index in [1.165, 1.54) is 0 Å². The van der Waals surface area contributed by atoms with Crippen molar-refractivity contribution in [1.82, 2.24) is 24.9 Å². The van der Waals surface area contributed by atoms with Crippen LogP contribution in [0.25, 0.3) is 0 Å². The van der Waals surface area contributed by atoms with Gasteiger partial charge in [0.1, 0.15) is 5.76 Å². The molecule has 2 aromatic heterocycles. The zero-order chi connectivity index (χ0) is 18.1. The summed E-state index contributed by atoms with van der Waals surface area (Å²) in [6.45, 7) is 1.47. The van der Waals surface area contributed by atoms with Crippen LogP contribution in [-0.4, -0.2) is 51.5 Å². The van der Waals surface area contributed by atoms with E-state index < -0.39 is 0 Å². The SMILES string of the molecule is CN(C)Cc1ccnc([C@@H]2CCCN2C(=O)c2noc3c2CCCC3)n1. The molecular formula is C19H25N5O2. The minimum atomic E-state index is -0.0828. The van der Waals surface area contributed by atoms with Crippen molar-refractivity contribution in [2.24, 2.45) is 0 Å². The summed E-state index contributed by atoms with van der Waals surface area (Å²) in [4.78, 5) is 26.3. The van der Waals surface area contributed by atoms with Crippen LogP contribution in [0.2, 0.25) is 0 Å². The molecule has 2 aromatic rings. The molecule has 0 spiro atoms. The van der Waals surface area contributed by atoms with Crippen LogP contribution in [0.15, 0.2) is 16.8 Å². The second kappa shape index (κ2) is 7.15. The lowest BCUT2D eigenvalue weighted by molar-refractivity contribution is 0.0718. The summed E-state index contributed by atoms with van der Waals surface area (Å²) in [7, 11) is 4.03. The van der Waals surface area contributed by atoms with Crippen LogP contribution in [0.5, 0.6) is 0 Å². The molecule has 138 valence electrons. The van der Waals surface area contributed by atoms with Crippen LogP contribution in [0.3, 0.4) is 0 Å². The van der Waals surface area contributed by atoms with Gasteiger partial charge < -0.3 is 14.3 Å². The number of hydrogen-bond acceptors (Lipinski definition) is 6. The molecule has 1 amide bonds. The molecule has 7 heteroatoms. The fourth-order valence-corrected chi connectivity index (χ4v) is 3.95. The lowest BCUT2D eigenvalue weighted by atomic mass is 9.96. The van der Waals surface area contributed by atoms with Crippen molar-refractivity contribution >= 4 is 5.91 Å². The van der Waals surface area contributed by atoms with Crippen LogP contribution in [0.1, 0.15) is 65.1 Å².